The van der Waals surface area contributed by atoms with Crippen molar-refractivity contribution in [1.29, 1.82) is 0 Å². The summed E-state index contributed by atoms with van der Waals surface area (Å²) in [6.07, 6.45) is 39.0. The second kappa shape index (κ2) is 35.9. The maximum absolute atomic E-state index is 12.7. The van der Waals surface area contributed by atoms with Gasteiger partial charge in [-0.3, -0.25) is 18.6 Å². The zero-order chi connectivity index (χ0) is 39.3. The van der Waals surface area contributed by atoms with Crippen LogP contribution in [0.5, 0.6) is 0 Å². The lowest BCUT2D eigenvalue weighted by Gasteiger charge is -2.24. The highest BCUT2D eigenvalue weighted by molar-refractivity contribution is 7.47. The second-order valence-corrected chi connectivity index (χ2v) is 16.8. The molecule has 0 radical (unpaired) electrons. The van der Waals surface area contributed by atoms with Crippen LogP contribution in [-0.2, 0) is 32.7 Å². The van der Waals surface area contributed by atoms with Gasteiger partial charge in [0.2, 0.25) is 0 Å². The SMILES string of the molecule is CCCCC/C=C\C/C=C\CCCCCCCCCC(=O)O[C@H](COC(=O)CCCCCCC/C=C\CCCCC)COP(=O)(O)OCC[N+](C)(C)C. The number of hydrogen-bond acceptors (Lipinski definition) is 7. The number of likely N-dealkylation sites (N-methyl/N-ethyl adjacent to an activating group) is 1. The third kappa shape index (κ3) is 39.7. The molecule has 0 amide bonds. The van der Waals surface area contributed by atoms with E-state index in [4.69, 9.17) is 18.5 Å². The molecule has 10 heteroatoms. The molecule has 1 N–H and O–H groups in total. The number of carbonyl (C=O) groups excluding carboxylic acids is 2. The number of rotatable bonds is 38. The van der Waals surface area contributed by atoms with Gasteiger partial charge in [-0.25, -0.2) is 4.57 Å². The number of esters is 2. The van der Waals surface area contributed by atoms with E-state index >= 15 is 0 Å². The average Bonchev–Trinajstić information content (AvgIpc) is 3.10. The van der Waals surface area contributed by atoms with Crippen molar-refractivity contribution in [3.05, 3.63) is 36.5 Å². The van der Waals surface area contributed by atoms with Gasteiger partial charge in [-0.15, -0.1) is 0 Å². The minimum Gasteiger partial charge on any atom is -0.462 e. The fourth-order valence-corrected chi connectivity index (χ4v) is 6.25. The van der Waals surface area contributed by atoms with E-state index < -0.39 is 26.5 Å². The van der Waals surface area contributed by atoms with Gasteiger partial charge in [0.15, 0.2) is 6.10 Å². The summed E-state index contributed by atoms with van der Waals surface area (Å²) in [5, 5.41) is 0. The summed E-state index contributed by atoms with van der Waals surface area (Å²) in [5.41, 5.74) is 0. The van der Waals surface area contributed by atoms with Crippen LogP contribution < -0.4 is 0 Å². The van der Waals surface area contributed by atoms with Gasteiger partial charge in [-0.05, 0) is 70.6 Å². The smallest absolute Gasteiger partial charge is 0.462 e. The third-order valence-corrected chi connectivity index (χ3v) is 9.88. The Morgan fingerprint density at radius 2 is 1.02 bits per heavy atom. The molecule has 1 unspecified atom stereocenters. The molecule has 0 aliphatic heterocycles. The minimum atomic E-state index is -4.37. The number of carbonyl (C=O) groups is 2. The zero-order valence-corrected chi connectivity index (χ0v) is 35.6. The molecule has 0 aromatic rings. The molecule has 310 valence electrons. The molecule has 0 saturated carbocycles. The Bertz CT molecular complexity index is 1010. The van der Waals surface area contributed by atoms with Crippen LogP contribution >= 0.6 is 7.82 Å². The molecular formula is C43H81NO8P+. The quantitative estimate of drug-likeness (QED) is 0.0217. The average molecular weight is 771 g/mol. The Balaban J connectivity index is 4.40. The molecule has 0 aromatic heterocycles. The molecule has 9 nitrogen and oxygen atoms in total. The Hall–Kier alpha value is -1.77. The van der Waals surface area contributed by atoms with Crippen molar-refractivity contribution in [2.24, 2.45) is 0 Å². The molecular weight excluding hydrogens is 689 g/mol. The van der Waals surface area contributed by atoms with E-state index in [0.717, 1.165) is 70.6 Å². The van der Waals surface area contributed by atoms with Crippen LogP contribution in [0, 0.1) is 0 Å². The van der Waals surface area contributed by atoms with Crippen LogP contribution in [0.2, 0.25) is 0 Å². The number of phosphoric ester groups is 1. The summed E-state index contributed by atoms with van der Waals surface area (Å²) in [5.74, 6) is -0.819. The van der Waals surface area contributed by atoms with E-state index in [1.807, 2.05) is 21.1 Å². The van der Waals surface area contributed by atoms with Gasteiger partial charge in [0.25, 0.3) is 0 Å². The van der Waals surface area contributed by atoms with Crippen molar-refractivity contribution in [2.45, 2.75) is 180 Å². The molecule has 0 spiro atoms. The summed E-state index contributed by atoms with van der Waals surface area (Å²) in [6, 6.07) is 0. The third-order valence-electron chi connectivity index (χ3n) is 8.89. The first-order chi connectivity index (χ1) is 25.5. The molecule has 0 saturated heterocycles. The first-order valence-electron chi connectivity index (χ1n) is 21.2. The number of phosphoric acid groups is 1. The lowest BCUT2D eigenvalue weighted by molar-refractivity contribution is -0.870. The van der Waals surface area contributed by atoms with Crippen molar-refractivity contribution in [3.63, 3.8) is 0 Å². The number of allylic oxidation sites excluding steroid dienone is 6. The van der Waals surface area contributed by atoms with E-state index in [2.05, 4.69) is 50.3 Å². The van der Waals surface area contributed by atoms with Crippen molar-refractivity contribution >= 4 is 19.8 Å². The highest BCUT2D eigenvalue weighted by atomic mass is 31.2. The van der Waals surface area contributed by atoms with Gasteiger partial charge >= 0.3 is 19.8 Å². The maximum atomic E-state index is 12.7. The normalized spacial score (nSPS) is 14.0. The lowest BCUT2D eigenvalue weighted by atomic mass is 10.1. The molecule has 0 heterocycles. The summed E-state index contributed by atoms with van der Waals surface area (Å²) >= 11 is 0. The lowest BCUT2D eigenvalue weighted by Crippen LogP contribution is -2.37. The topological polar surface area (TPSA) is 108 Å². The first-order valence-corrected chi connectivity index (χ1v) is 22.7. The van der Waals surface area contributed by atoms with Crippen LogP contribution in [0.4, 0.5) is 0 Å². The highest BCUT2D eigenvalue weighted by Gasteiger charge is 2.27. The van der Waals surface area contributed by atoms with Gasteiger partial charge in [-0.2, -0.15) is 0 Å². The van der Waals surface area contributed by atoms with Gasteiger partial charge in [-0.1, -0.05) is 127 Å². The number of nitrogens with zero attached hydrogens (tertiary/aromatic N) is 1. The van der Waals surface area contributed by atoms with Crippen LogP contribution in [0.25, 0.3) is 0 Å². The molecule has 0 fully saturated rings. The van der Waals surface area contributed by atoms with Crippen LogP contribution in [0.3, 0.4) is 0 Å². The Labute approximate surface area is 325 Å². The fraction of sp³-hybridized carbons (Fsp3) is 0.814. The molecule has 2 atom stereocenters. The fourth-order valence-electron chi connectivity index (χ4n) is 5.51. The van der Waals surface area contributed by atoms with E-state index in [-0.39, 0.29) is 32.0 Å². The second-order valence-electron chi connectivity index (χ2n) is 15.4. The van der Waals surface area contributed by atoms with Crippen molar-refractivity contribution in [3.8, 4) is 0 Å². The molecule has 0 aromatic carbocycles. The molecule has 0 aliphatic rings. The van der Waals surface area contributed by atoms with Gasteiger partial charge in [0.05, 0.1) is 27.7 Å². The number of hydrogen-bond donors (Lipinski definition) is 1. The minimum absolute atomic E-state index is 0.0284. The van der Waals surface area contributed by atoms with Crippen LogP contribution in [-0.4, -0.2) is 74.9 Å². The monoisotopic (exact) mass is 771 g/mol. The molecule has 0 rings (SSSR count). The Morgan fingerprint density at radius 1 is 0.585 bits per heavy atom. The van der Waals surface area contributed by atoms with E-state index in [0.29, 0.717) is 17.4 Å². The summed E-state index contributed by atoms with van der Waals surface area (Å²) in [7, 11) is 1.46. The van der Waals surface area contributed by atoms with Gasteiger partial charge < -0.3 is 18.9 Å². The Kier molecular flexibility index (Phi) is 34.7. The summed E-state index contributed by atoms with van der Waals surface area (Å²) in [4.78, 5) is 35.3. The van der Waals surface area contributed by atoms with Gasteiger partial charge in [0, 0.05) is 12.8 Å². The van der Waals surface area contributed by atoms with Crippen molar-refractivity contribution < 1.29 is 42.1 Å². The van der Waals surface area contributed by atoms with Crippen LogP contribution in [0.15, 0.2) is 36.5 Å². The molecule has 0 bridgehead atoms. The standard InChI is InChI=1S/C43H80NO8P/c1-6-8-10-12-14-16-18-20-21-22-23-24-26-28-30-32-34-36-43(46)52-41(40-51-53(47,48)50-38-37-44(3,4)5)39-49-42(45)35-33-31-29-27-25-19-17-15-13-11-9-7-2/h14-17,20-21,41H,6-13,18-19,22-40H2,1-5H3/p+1/b16-14-,17-15-,21-20-/t41-/m1/s1. The number of quaternary nitrogens is 1. The predicted octanol–water partition coefficient (Wildman–Crippen LogP) is 11.7. The van der Waals surface area contributed by atoms with Crippen LogP contribution in [0.1, 0.15) is 174 Å². The number of ether oxygens (including phenoxy) is 2. The number of unbranched alkanes of at least 4 members (excludes halogenated alkanes) is 18. The summed E-state index contributed by atoms with van der Waals surface area (Å²) in [6.45, 7) is 4.35. The van der Waals surface area contributed by atoms with Crippen molar-refractivity contribution in [2.75, 3.05) is 47.5 Å². The highest BCUT2D eigenvalue weighted by Crippen LogP contribution is 2.43. The zero-order valence-electron chi connectivity index (χ0n) is 34.7. The van der Waals surface area contributed by atoms with Crippen molar-refractivity contribution in [1.82, 2.24) is 0 Å². The van der Waals surface area contributed by atoms with E-state index in [1.54, 1.807) is 0 Å². The first kappa shape index (κ1) is 51.2. The molecule has 0 aliphatic carbocycles. The Morgan fingerprint density at radius 3 is 1.51 bits per heavy atom. The van der Waals surface area contributed by atoms with E-state index in [1.165, 1.54) is 70.6 Å². The van der Waals surface area contributed by atoms with E-state index in [9.17, 15) is 19.0 Å². The largest absolute Gasteiger partial charge is 0.472 e. The maximum Gasteiger partial charge on any atom is 0.472 e. The molecule has 53 heavy (non-hydrogen) atoms. The summed E-state index contributed by atoms with van der Waals surface area (Å²) < 4.78 is 34.2. The van der Waals surface area contributed by atoms with Gasteiger partial charge in [0.1, 0.15) is 19.8 Å². The predicted molar refractivity (Wildman–Crippen MR) is 220 cm³/mol.